The van der Waals surface area contributed by atoms with E-state index in [0.29, 0.717) is 18.9 Å². The Kier molecular flexibility index (Phi) is 6.46. The van der Waals surface area contributed by atoms with Gasteiger partial charge in [-0.15, -0.1) is 6.10 Å². The van der Waals surface area contributed by atoms with Gasteiger partial charge in [-0.05, 0) is 0 Å². The third-order valence-corrected chi connectivity index (χ3v) is 1.64. The fraction of sp³-hybridized carbons (Fsp3) is 0.857. The van der Waals surface area contributed by atoms with Gasteiger partial charge in [0.2, 0.25) is 0 Å². The topological polar surface area (TPSA) is 44.6 Å². The Labute approximate surface area is 116 Å². The minimum Gasteiger partial charge on any atom is -0.850 e. The molecule has 11 heavy (non-hydrogen) atoms. The fourth-order valence-electron chi connectivity index (χ4n) is 0.977. The molecule has 0 aliphatic carbocycles. The van der Waals surface area contributed by atoms with Crippen LogP contribution in [0.4, 0.5) is 0 Å². The van der Waals surface area contributed by atoms with E-state index in [1.807, 2.05) is 6.92 Å². The molecule has 1 aliphatic rings. The standard InChI is InChI=1S/C7H12NO2.Rb/c1-3-7(9)6-4-10-5(2)8-6;/h6-7H,3-4H2,1-2H3;/q-1;+1/t6-,7-;/m0./s1. The zero-order valence-corrected chi connectivity index (χ0v) is 12.2. The number of hydrogen-bond acceptors (Lipinski definition) is 3. The molecule has 2 atom stereocenters. The van der Waals surface area contributed by atoms with Crippen molar-refractivity contribution >= 4 is 5.90 Å². The van der Waals surface area contributed by atoms with Crippen molar-refractivity contribution in [3.63, 3.8) is 0 Å². The summed E-state index contributed by atoms with van der Waals surface area (Å²) >= 11 is 0. The van der Waals surface area contributed by atoms with Crippen LogP contribution in [0.15, 0.2) is 4.99 Å². The SMILES string of the molecule is CC[C@H]([O-])[C@@H]1COC(C)=N1.[Rb+]. The first kappa shape index (κ1) is 12.2. The number of hydrogen-bond donors (Lipinski definition) is 0. The third-order valence-electron chi connectivity index (χ3n) is 1.64. The molecular formula is C7H12NO2Rb. The molecule has 0 saturated heterocycles. The van der Waals surface area contributed by atoms with E-state index in [2.05, 4.69) is 4.99 Å². The maximum Gasteiger partial charge on any atom is 1.00 e. The van der Waals surface area contributed by atoms with Gasteiger partial charge in [-0.1, -0.05) is 13.3 Å². The normalized spacial score (nSPS) is 25.0. The molecule has 0 spiro atoms. The van der Waals surface area contributed by atoms with Crippen LogP contribution >= 0.6 is 0 Å². The Morgan fingerprint density at radius 3 is 2.82 bits per heavy atom. The van der Waals surface area contributed by atoms with Crippen molar-refractivity contribution in [3.8, 4) is 0 Å². The average Bonchev–Trinajstić information content (AvgIpc) is 2.34. The van der Waals surface area contributed by atoms with Gasteiger partial charge in [0.05, 0.1) is 6.04 Å². The van der Waals surface area contributed by atoms with Gasteiger partial charge in [-0.2, -0.15) is 0 Å². The smallest absolute Gasteiger partial charge is 0.850 e. The van der Waals surface area contributed by atoms with Gasteiger partial charge < -0.3 is 9.84 Å². The molecule has 58 valence electrons. The number of rotatable bonds is 2. The van der Waals surface area contributed by atoms with Gasteiger partial charge in [0.1, 0.15) is 6.61 Å². The van der Waals surface area contributed by atoms with Crippen molar-refractivity contribution in [2.75, 3.05) is 6.61 Å². The van der Waals surface area contributed by atoms with Crippen molar-refractivity contribution in [3.05, 3.63) is 0 Å². The van der Waals surface area contributed by atoms with Crippen LogP contribution in [0.3, 0.4) is 0 Å². The van der Waals surface area contributed by atoms with E-state index in [4.69, 9.17) is 4.74 Å². The van der Waals surface area contributed by atoms with E-state index in [1.165, 1.54) is 0 Å². The first-order valence-corrected chi connectivity index (χ1v) is 3.57. The molecule has 0 radical (unpaired) electrons. The van der Waals surface area contributed by atoms with E-state index in [9.17, 15) is 5.11 Å². The molecule has 0 amide bonds. The number of aliphatic imine (C=N–C) groups is 1. The molecule has 0 saturated carbocycles. The van der Waals surface area contributed by atoms with Crippen LogP contribution in [-0.2, 0) is 4.74 Å². The van der Waals surface area contributed by atoms with Gasteiger partial charge >= 0.3 is 58.2 Å². The zero-order chi connectivity index (χ0) is 7.56. The molecule has 0 aromatic heterocycles. The van der Waals surface area contributed by atoms with Gasteiger partial charge in [0.15, 0.2) is 5.90 Å². The van der Waals surface area contributed by atoms with Gasteiger partial charge in [0, 0.05) is 6.92 Å². The molecule has 0 N–H and O–H groups in total. The van der Waals surface area contributed by atoms with E-state index in [0.717, 1.165) is 0 Å². The van der Waals surface area contributed by atoms with Crippen LogP contribution in [0.2, 0.25) is 0 Å². The maximum atomic E-state index is 11.1. The summed E-state index contributed by atoms with van der Waals surface area (Å²) in [6.07, 6.45) is 0.0441. The van der Waals surface area contributed by atoms with Crippen LogP contribution in [0.5, 0.6) is 0 Å². The first-order chi connectivity index (χ1) is 4.74. The Balaban J connectivity index is 0.000001000. The van der Waals surface area contributed by atoms with Crippen LogP contribution in [0, 0.1) is 0 Å². The predicted octanol–water partition coefficient (Wildman–Crippen LogP) is -3.05. The molecule has 0 fully saturated rings. The zero-order valence-electron chi connectivity index (χ0n) is 7.33. The van der Waals surface area contributed by atoms with Crippen LogP contribution in [0.1, 0.15) is 20.3 Å². The third kappa shape index (κ3) is 3.64. The first-order valence-electron chi connectivity index (χ1n) is 3.57. The van der Waals surface area contributed by atoms with E-state index >= 15 is 0 Å². The maximum absolute atomic E-state index is 11.1. The van der Waals surface area contributed by atoms with Crippen LogP contribution < -0.4 is 63.3 Å². The summed E-state index contributed by atoms with van der Waals surface area (Å²) in [7, 11) is 0. The van der Waals surface area contributed by atoms with E-state index in [-0.39, 0.29) is 64.2 Å². The summed E-state index contributed by atoms with van der Waals surface area (Å²) in [5.41, 5.74) is 0. The number of nitrogens with zero attached hydrogens (tertiary/aromatic N) is 1. The molecule has 0 aromatic rings. The van der Waals surface area contributed by atoms with E-state index in [1.54, 1.807) is 6.92 Å². The quantitative estimate of drug-likeness (QED) is 0.503. The van der Waals surface area contributed by atoms with E-state index < -0.39 is 6.10 Å². The Hall–Kier alpha value is 1.24. The minimum atomic E-state index is -0.586. The van der Waals surface area contributed by atoms with Gasteiger partial charge in [-0.3, -0.25) is 4.99 Å². The summed E-state index contributed by atoms with van der Waals surface area (Å²) in [6, 6.07) is -0.134. The fourth-order valence-corrected chi connectivity index (χ4v) is 0.977. The monoisotopic (exact) mass is 227 g/mol. The van der Waals surface area contributed by atoms with Crippen molar-refractivity contribution in [1.29, 1.82) is 0 Å². The summed E-state index contributed by atoms with van der Waals surface area (Å²) in [6.45, 7) is 4.14. The Morgan fingerprint density at radius 2 is 2.45 bits per heavy atom. The minimum absolute atomic E-state index is 0. The second-order valence-corrected chi connectivity index (χ2v) is 2.47. The Morgan fingerprint density at radius 1 is 1.82 bits per heavy atom. The molecule has 0 aromatic carbocycles. The molecule has 0 bridgehead atoms. The summed E-state index contributed by atoms with van der Waals surface area (Å²) in [5, 5.41) is 11.1. The Bertz CT molecular complexity index is 149. The van der Waals surface area contributed by atoms with Crippen molar-refractivity contribution in [2.45, 2.75) is 32.4 Å². The molecule has 4 heteroatoms. The van der Waals surface area contributed by atoms with Crippen LogP contribution in [-0.4, -0.2) is 24.7 Å². The second kappa shape index (κ2) is 5.81. The van der Waals surface area contributed by atoms with Crippen LogP contribution in [0.25, 0.3) is 0 Å². The van der Waals surface area contributed by atoms with Crippen molar-refractivity contribution < 1.29 is 68.0 Å². The van der Waals surface area contributed by atoms with Crippen molar-refractivity contribution in [2.24, 2.45) is 4.99 Å². The average molecular weight is 228 g/mol. The summed E-state index contributed by atoms with van der Waals surface area (Å²) in [4.78, 5) is 4.04. The number of ether oxygens (including phenoxy) is 1. The summed E-state index contributed by atoms with van der Waals surface area (Å²) in [5.74, 6) is 0.652. The molecule has 0 unspecified atom stereocenters. The molecule has 3 nitrogen and oxygen atoms in total. The second-order valence-electron chi connectivity index (χ2n) is 2.47. The molecule has 1 heterocycles. The van der Waals surface area contributed by atoms with Gasteiger partial charge in [-0.25, -0.2) is 0 Å². The summed E-state index contributed by atoms with van der Waals surface area (Å²) < 4.78 is 5.04. The van der Waals surface area contributed by atoms with Gasteiger partial charge in [0.25, 0.3) is 0 Å². The predicted molar refractivity (Wildman–Crippen MR) is 36.9 cm³/mol. The molecular weight excluding hydrogens is 216 g/mol. The van der Waals surface area contributed by atoms with Crippen molar-refractivity contribution in [1.82, 2.24) is 0 Å². The molecule has 1 rings (SSSR count). The molecule has 1 aliphatic heterocycles. The largest absolute Gasteiger partial charge is 1.00 e.